The average molecular weight is 339 g/mol. The van der Waals surface area contributed by atoms with Gasteiger partial charge in [-0.15, -0.1) is 0 Å². The topological polar surface area (TPSA) is 94.3 Å². The van der Waals surface area contributed by atoms with E-state index < -0.39 is 23.0 Å². The van der Waals surface area contributed by atoms with Crippen molar-refractivity contribution in [1.82, 2.24) is 0 Å². The summed E-state index contributed by atoms with van der Waals surface area (Å²) in [5, 5.41) is 4.85. The van der Waals surface area contributed by atoms with Crippen LogP contribution in [0.5, 0.6) is 0 Å². The summed E-state index contributed by atoms with van der Waals surface area (Å²) in [6.45, 7) is 0. The molecule has 0 aliphatic heterocycles. The standard InChI is InChI=1S/C7H6Cl3NO4S2/c8-7(9,10)16(12,13)5-1-3-6(4-2-5)17(11,14)15/h1-4H,(H2,11,14,15). The minimum Gasteiger partial charge on any atom is -0.225 e. The van der Waals surface area contributed by atoms with Crippen molar-refractivity contribution in [3.63, 3.8) is 0 Å². The number of hydrogen-bond acceptors (Lipinski definition) is 4. The first-order valence-corrected chi connectivity index (χ1v) is 8.07. The van der Waals surface area contributed by atoms with Gasteiger partial charge in [0.15, 0.2) is 0 Å². The summed E-state index contributed by atoms with van der Waals surface area (Å²) in [5.41, 5.74) is 0. The highest BCUT2D eigenvalue weighted by molar-refractivity contribution is 7.97. The van der Waals surface area contributed by atoms with E-state index in [1.807, 2.05) is 0 Å². The third-order valence-corrected chi connectivity index (χ3v) is 6.03. The highest BCUT2D eigenvalue weighted by atomic mass is 35.6. The molecule has 0 atom stereocenters. The van der Waals surface area contributed by atoms with Crippen molar-refractivity contribution >= 4 is 54.7 Å². The molecule has 17 heavy (non-hydrogen) atoms. The summed E-state index contributed by atoms with van der Waals surface area (Å²) in [7, 11) is -8.07. The lowest BCUT2D eigenvalue weighted by atomic mass is 10.4. The number of benzene rings is 1. The SMILES string of the molecule is NS(=O)(=O)c1ccc(S(=O)(=O)C(Cl)(Cl)Cl)cc1. The van der Waals surface area contributed by atoms with E-state index in [1.54, 1.807) is 0 Å². The molecular weight excluding hydrogens is 333 g/mol. The molecule has 0 aliphatic carbocycles. The van der Waals surface area contributed by atoms with Crippen molar-refractivity contribution < 1.29 is 16.8 Å². The third kappa shape index (κ3) is 3.24. The van der Waals surface area contributed by atoms with Gasteiger partial charge < -0.3 is 0 Å². The van der Waals surface area contributed by atoms with Crippen LogP contribution < -0.4 is 5.14 Å². The predicted molar refractivity (Wildman–Crippen MR) is 65.3 cm³/mol. The fourth-order valence-corrected chi connectivity index (χ4v) is 3.02. The first-order valence-electron chi connectivity index (χ1n) is 3.90. The zero-order valence-corrected chi connectivity index (χ0v) is 11.9. The van der Waals surface area contributed by atoms with Crippen molar-refractivity contribution in [2.75, 3.05) is 0 Å². The Morgan fingerprint density at radius 3 is 1.53 bits per heavy atom. The number of alkyl halides is 3. The summed E-state index contributed by atoms with van der Waals surface area (Å²) in [6, 6.07) is 4.02. The number of rotatable bonds is 2. The molecule has 0 saturated heterocycles. The van der Waals surface area contributed by atoms with E-state index in [1.165, 1.54) is 0 Å². The smallest absolute Gasteiger partial charge is 0.225 e. The summed E-state index contributed by atoms with van der Waals surface area (Å²) in [5.74, 6) is 0. The summed E-state index contributed by atoms with van der Waals surface area (Å²) >= 11 is 15.9. The average Bonchev–Trinajstić information content (AvgIpc) is 2.15. The van der Waals surface area contributed by atoms with Gasteiger partial charge in [-0.1, -0.05) is 34.8 Å². The van der Waals surface area contributed by atoms with Gasteiger partial charge >= 0.3 is 0 Å². The van der Waals surface area contributed by atoms with Crippen LogP contribution in [-0.2, 0) is 19.9 Å². The van der Waals surface area contributed by atoms with E-state index >= 15 is 0 Å². The normalized spacial score (nSPS) is 13.6. The van der Waals surface area contributed by atoms with Gasteiger partial charge in [0.1, 0.15) is 0 Å². The molecule has 0 aliphatic rings. The molecule has 0 aromatic heterocycles. The van der Waals surface area contributed by atoms with E-state index in [9.17, 15) is 16.8 Å². The van der Waals surface area contributed by atoms with Gasteiger partial charge in [0.25, 0.3) is 3.12 Å². The Balaban J connectivity index is 3.31. The molecule has 0 radical (unpaired) electrons. The van der Waals surface area contributed by atoms with Crippen molar-refractivity contribution in [3.05, 3.63) is 24.3 Å². The van der Waals surface area contributed by atoms with Crippen LogP contribution in [0.15, 0.2) is 34.1 Å². The zero-order chi connectivity index (χ0) is 13.5. The molecule has 1 aromatic rings. The second-order valence-electron chi connectivity index (χ2n) is 2.97. The molecule has 0 saturated carbocycles. The molecular formula is C7H6Cl3NO4S2. The third-order valence-electron chi connectivity index (χ3n) is 1.77. The molecule has 1 rings (SSSR count). The van der Waals surface area contributed by atoms with E-state index in [0.29, 0.717) is 0 Å². The number of primary sulfonamides is 1. The Labute approximate surface area is 113 Å². The molecule has 96 valence electrons. The van der Waals surface area contributed by atoms with Gasteiger partial charge in [-0.2, -0.15) is 0 Å². The van der Waals surface area contributed by atoms with Gasteiger partial charge in [-0.3, -0.25) is 0 Å². The van der Waals surface area contributed by atoms with Crippen molar-refractivity contribution in [3.8, 4) is 0 Å². The summed E-state index contributed by atoms with van der Waals surface area (Å²) in [4.78, 5) is -0.550. The van der Waals surface area contributed by atoms with Crippen LogP contribution in [0.25, 0.3) is 0 Å². The number of sulfone groups is 1. The Morgan fingerprint density at radius 1 is 0.882 bits per heavy atom. The lowest BCUT2D eigenvalue weighted by Gasteiger charge is -2.12. The monoisotopic (exact) mass is 337 g/mol. The van der Waals surface area contributed by atoms with Crippen LogP contribution >= 0.6 is 34.8 Å². The molecule has 0 spiro atoms. The fourth-order valence-electron chi connectivity index (χ4n) is 0.942. The minimum absolute atomic E-state index is 0.235. The summed E-state index contributed by atoms with van der Waals surface area (Å²) in [6.07, 6.45) is 0. The second kappa shape index (κ2) is 4.56. The molecule has 0 heterocycles. The van der Waals surface area contributed by atoms with E-state index in [4.69, 9.17) is 39.9 Å². The molecule has 2 N–H and O–H groups in total. The fraction of sp³-hybridized carbons (Fsp3) is 0.143. The zero-order valence-electron chi connectivity index (χ0n) is 7.97. The summed E-state index contributed by atoms with van der Waals surface area (Å²) < 4.78 is 42.6. The second-order valence-corrected chi connectivity index (χ2v) is 9.57. The Bertz CT molecular complexity index is 616. The molecule has 10 heteroatoms. The molecule has 0 amide bonds. The van der Waals surface area contributed by atoms with Crippen LogP contribution in [0.3, 0.4) is 0 Å². The van der Waals surface area contributed by atoms with Gasteiger partial charge in [0.05, 0.1) is 9.79 Å². The van der Waals surface area contributed by atoms with Crippen molar-refractivity contribution in [2.24, 2.45) is 5.14 Å². The van der Waals surface area contributed by atoms with E-state index in [-0.39, 0.29) is 9.79 Å². The lowest BCUT2D eigenvalue weighted by Crippen LogP contribution is -2.20. The first-order chi connectivity index (χ1) is 7.46. The van der Waals surface area contributed by atoms with Crippen LogP contribution in [0.2, 0.25) is 0 Å². The quantitative estimate of drug-likeness (QED) is 0.825. The minimum atomic E-state index is -4.18. The lowest BCUT2D eigenvalue weighted by molar-refractivity contribution is 0.593. The number of nitrogens with two attached hydrogens (primary N) is 1. The highest BCUT2D eigenvalue weighted by Crippen LogP contribution is 2.37. The first kappa shape index (κ1) is 15.0. The maximum absolute atomic E-state index is 11.6. The maximum Gasteiger partial charge on any atom is 0.296 e. The van der Waals surface area contributed by atoms with Crippen LogP contribution in [0, 0.1) is 0 Å². The van der Waals surface area contributed by atoms with E-state index in [2.05, 4.69) is 0 Å². The Kier molecular flexibility index (Phi) is 4.03. The van der Waals surface area contributed by atoms with Gasteiger partial charge in [0, 0.05) is 0 Å². The molecule has 5 nitrogen and oxygen atoms in total. The number of halogens is 3. The number of sulfonamides is 1. The largest absolute Gasteiger partial charge is 0.296 e. The van der Waals surface area contributed by atoms with Gasteiger partial charge in [0.2, 0.25) is 19.9 Å². The maximum atomic E-state index is 11.6. The van der Waals surface area contributed by atoms with Crippen molar-refractivity contribution in [1.29, 1.82) is 0 Å². The molecule has 0 unspecified atom stereocenters. The van der Waals surface area contributed by atoms with Crippen LogP contribution in [-0.4, -0.2) is 20.0 Å². The van der Waals surface area contributed by atoms with E-state index in [0.717, 1.165) is 24.3 Å². The predicted octanol–water partition coefficient (Wildman–Crippen LogP) is 1.44. The van der Waals surface area contributed by atoms with Crippen LogP contribution in [0.1, 0.15) is 0 Å². The molecule has 0 fully saturated rings. The van der Waals surface area contributed by atoms with Gasteiger partial charge in [-0.25, -0.2) is 22.0 Å². The van der Waals surface area contributed by atoms with Crippen molar-refractivity contribution in [2.45, 2.75) is 12.9 Å². The Hall–Kier alpha value is -0.0500. The number of hydrogen-bond donors (Lipinski definition) is 1. The van der Waals surface area contributed by atoms with Crippen LogP contribution in [0.4, 0.5) is 0 Å². The highest BCUT2D eigenvalue weighted by Gasteiger charge is 2.39. The molecule has 0 bridgehead atoms. The molecule has 1 aromatic carbocycles. The van der Waals surface area contributed by atoms with Gasteiger partial charge in [-0.05, 0) is 24.3 Å². The Morgan fingerprint density at radius 2 is 1.24 bits per heavy atom.